The molecule has 2 aromatic carbocycles. The van der Waals surface area contributed by atoms with Gasteiger partial charge in [-0.25, -0.2) is 9.67 Å². The van der Waals surface area contributed by atoms with Crippen molar-refractivity contribution in [3.05, 3.63) is 95.2 Å². The van der Waals surface area contributed by atoms with Crippen LogP contribution in [-0.4, -0.2) is 25.2 Å². The van der Waals surface area contributed by atoms with Crippen LogP contribution >= 0.6 is 11.3 Å². The number of nitrogens with one attached hydrogen (secondary N) is 1. The average Bonchev–Trinajstić information content (AvgIpc) is 3.49. The number of fused-ring (bicyclic) bond motifs is 1. The lowest BCUT2D eigenvalue weighted by Gasteiger charge is -2.09. The van der Waals surface area contributed by atoms with E-state index in [0.29, 0.717) is 22.0 Å². The summed E-state index contributed by atoms with van der Waals surface area (Å²) in [5.74, 6) is 0.748. The zero-order chi connectivity index (χ0) is 23.1. The summed E-state index contributed by atoms with van der Waals surface area (Å²) in [6, 6.07) is 23.4. The minimum absolute atomic E-state index is 0.126. The number of carbonyl (C=O) groups is 1. The second-order valence-electron chi connectivity index (χ2n) is 8.39. The highest BCUT2D eigenvalue weighted by Crippen LogP contribution is 2.40. The summed E-state index contributed by atoms with van der Waals surface area (Å²) in [4.78, 5) is 31.4. The Morgan fingerprint density at radius 2 is 1.76 bits per heavy atom. The van der Waals surface area contributed by atoms with Crippen LogP contribution in [0.3, 0.4) is 0 Å². The second kappa shape index (κ2) is 8.39. The largest absolute Gasteiger partial charge is 0.309 e. The molecule has 34 heavy (non-hydrogen) atoms. The smallest absolute Gasteiger partial charge is 0.271 e. The maximum absolute atomic E-state index is 13.1. The fourth-order valence-corrected chi connectivity index (χ4v) is 5.04. The quantitative estimate of drug-likeness (QED) is 0.388. The van der Waals surface area contributed by atoms with Crippen LogP contribution in [0.4, 0.5) is 5.82 Å². The number of para-hydroxylation sites is 1. The van der Waals surface area contributed by atoms with Crippen molar-refractivity contribution in [2.24, 2.45) is 0 Å². The third-order valence-electron chi connectivity index (χ3n) is 5.87. The van der Waals surface area contributed by atoms with Crippen molar-refractivity contribution in [1.82, 2.24) is 19.3 Å². The Kier molecular flexibility index (Phi) is 5.07. The minimum atomic E-state index is -0.303. The molecule has 3 aromatic heterocycles. The highest BCUT2D eigenvalue weighted by molar-refractivity contribution is 7.22. The van der Waals surface area contributed by atoms with E-state index in [2.05, 4.69) is 10.3 Å². The molecule has 1 aliphatic rings. The summed E-state index contributed by atoms with van der Waals surface area (Å²) in [6.45, 7) is -0.126. The van der Waals surface area contributed by atoms with Crippen molar-refractivity contribution in [2.75, 3.05) is 5.32 Å². The average molecular weight is 468 g/mol. The Labute approximate surface area is 199 Å². The standard InChI is InChI=1S/C26H21N5O2S/c32-24(28-23-14-20(17-11-12-17)29-31(23)19-9-5-2-6-10-19)15-30-16-27-21-13-22(34-25(21)26(30)33)18-7-3-1-4-8-18/h1-10,13-14,16-17H,11-12,15H2,(H,28,32). The van der Waals surface area contributed by atoms with E-state index in [0.717, 1.165) is 34.7 Å². The van der Waals surface area contributed by atoms with Gasteiger partial charge in [0.2, 0.25) is 5.91 Å². The number of hydrogen-bond acceptors (Lipinski definition) is 5. The monoisotopic (exact) mass is 467 g/mol. The Morgan fingerprint density at radius 3 is 2.50 bits per heavy atom. The van der Waals surface area contributed by atoms with Gasteiger partial charge in [0.25, 0.3) is 5.56 Å². The van der Waals surface area contributed by atoms with Crippen molar-refractivity contribution in [1.29, 1.82) is 0 Å². The third kappa shape index (κ3) is 3.92. The van der Waals surface area contributed by atoms with Gasteiger partial charge >= 0.3 is 0 Å². The third-order valence-corrected chi connectivity index (χ3v) is 7.03. The van der Waals surface area contributed by atoms with E-state index in [4.69, 9.17) is 5.10 Å². The number of nitrogens with zero attached hydrogens (tertiary/aromatic N) is 4. The molecule has 1 aliphatic carbocycles. The summed E-state index contributed by atoms with van der Waals surface area (Å²) in [5.41, 5.74) is 3.31. The molecule has 3 heterocycles. The molecule has 8 heteroatoms. The number of rotatable bonds is 6. The zero-order valence-corrected chi connectivity index (χ0v) is 19.0. The van der Waals surface area contributed by atoms with Crippen LogP contribution in [0, 0.1) is 0 Å². The summed E-state index contributed by atoms with van der Waals surface area (Å²) < 4.78 is 3.65. The summed E-state index contributed by atoms with van der Waals surface area (Å²) in [7, 11) is 0. The molecule has 6 rings (SSSR count). The van der Waals surface area contributed by atoms with Crippen LogP contribution in [0.5, 0.6) is 0 Å². The zero-order valence-electron chi connectivity index (χ0n) is 18.2. The van der Waals surface area contributed by atoms with Gasteiger partial charge in [0.05, 0.1) is 23.2 Å². The van der Waals surface area contributed by atoms with Crippen molar-refractivity contribution in [2.45, 2.75) is 25.3 Å². The number of amides is 1. The first-order valence-electron chi connectivity index (χ1n) is 11.2. The maximum atomic E-state index is 13.1. The van der Waals surface area contributed by atoms with Crippen LogP contribution in [-0.2, 0) is 11.3 Å². The molecule has 1 amide bonds. The van der Waals surface area contributed by atoms with Crippen molar-refractivity contribution >= 4 is 33.3 Å². The van der Waals surface area contributed by atoms with Gasteiger partial charge in [-0.2, -0.15) is 5.10 Å². The van der Waals surface area contributed by atoms with E-state index in [1.807, 2.05) is 72.8 Å². The van der Waals surface area contributed by atoms with Gasteiger partial charge in [-0.3, -0.25) is 14.2 Å². The molecule has 0 saturated heterocycles. The van der Waals surface area contributed by atoms with Crippen molar-refractivity contribution in [3.8, 4) is 16.1 Å². The Hall–Kier alpha value is -4.04. The predicted octanol–water partition coefficient (Wildman–Crippen LogP) is 4.83. The number of anilines is 1. The number of benzene rings is 2. The summed E-state index contributed by atoms with van der Waals surface area (Å²) in [6.07, 6.45) is 3.67. The predicted molar refractivity (Wildman–Crippen MR) is 133 cm³/mol. The fraction of sp³-hybridized carbons (Fsp3) is 0.154. The van der Waals surface area contributed by atoms with Gasteiger partial charge in [0.15, 0.2) is 0 Å². The van der Waals surface area contributed by atoms with Crippen molar-refractivity contribution in [3.63, 3.8) is 0 Å². The molecule has 1 saturated carbocycles. The lowest BCUT2D eigenvalue weighted by atomic mass is 10.2. The van der Waals surface area contributed by atoms with Gasteiger partial charge in [0.1, 0.15) is 17.1 Å². The number of thiophene rings is 1. The lowest BCUT2D eigenvalue weighted by molar-refractivity contribution is -0.116. The van der Waals surface area contributed by atoms with E-state index in [-0.39, 0.29) is 18.0 Å². The van der Waals surface area contributed by atoms with Crippen molar-refractivity contribution < 1.29 is 4.79 Å². The van der Waals surface area contributed by atoms with E-state index in [9.17, 15) is 9.59 Å². The van der Waals surface area contributed by atoms with Crippen LogP contribution < -0.4 is 10.9 Å². The fourth-order valence-electron chi connectivity index (χ4n) is 3.97. The molecule has 0 unspecified atom stereocenters. The molecule has 168 valence electrons. The summed E-state index contributed by atoms with van der Waals surface area (Å²) >= 11 is 1.39. The van der Waals surface area contributed by atoms with Crippen LogP contribution in [0.15, 0.2) is 83.9 Å². The minimum Gasteiger partial charge on any atom is -0.309 e. The molecule has 1 fully saturated rings. The highest BCUT2D eigenvalue weighted by atomic mass is 32.1. The maximum Gasteiger partial charge on any atom is 0.271 e. The van der Waals surface area contributed by atoms with Gasteiger partial charge in [-0.1, -0.05) is 48.5 Å². The molecule has 7 nitrogen and oxygen atoms in total. The molecule has 5 aromatic rings. The van der Waals surface area contributed by atoms with E-state index >= 15 is 0 Å². The molecule has 0 aliphatic heterocycles. The highest BCUT2D eigenvalue weighted by Gasteiger charge is 2.28. The van der Waals surface area contributed by atoms with Gasteiger partial charge in [0, 0.05) is 16.9 Å². The van der Waals surface area contributed by atoms with E-state index < -0.39 is 0 Å². The molecule has 1 N–H and O–H groups in total. The molecule has 0 radical (unpaired) electrons. The molecule has 0 spiro atoms. The topological polar surface area (TPSA) is 81.8 Å². The number of aromatic nitrogens is 4. The molecular formula is C26H21N5O2S. The molecule has 0 bridgehead atoms. The van der Waals surface area contributed by atoms with E-state index in [1.54, 1.807) is 4.68 Å². The van der Waals surface area contributed by atoms with Gasteiger partial charge in [-0.15, -0.1) is 11.3 Å². The van der Waals surface area contributed by atoms with Gasteiger partial charge in [-0.05, 0) is 36.6 Å². The molecular weight excluding hydrogens is 446 g/mol. The van der Waals surface area contributed by atoms with Gasteiger partial charge < -0.3 is 5.32 Å². The van der Waals surface area contributed by atoms with Crippen LogP contribution in [0.1, 0.15) is 24.5 Å². The second-order valence-corrected chi connectivity index (χ2v) is 9.45. The molecule has 0 atom stereocenters. The van der Waals surface area contributed by atoms with Crippen LogP contribution in [0.2, 0.25) is 0 Å². The van der Waals surface area contributed by atoms with Crippen LogP contribution in [0.25, 0.3) is 26.3 Å². The lowest BCUT2D eigenvalue weighted by Crippen LogP contribution is -2.28. The number of hydrogen-bond donors (Lipinski definition) is 1. The Balaban J connectivity index is 1.27. The number of carbonyl (C=O) groups excluding carboxylic acids is 1. The summed E-state index contributed by atoms with van der Waals surface area (Å²) in [5, 5.41) is 7.66. The Bertz CT molecular complexity index is 1550. The van der Waals surface area contributed by atoms with E-state index in [1.165, 1.54) is 22.2 Å². The first-order chi connectivity index (χ1) is 16.7. The Morgan fingerprint density at radius 1 is 1.03 bits per heavy atom. The normalized spacial score (nSPS) is 13.3. The first-order valence-corrected chi connectivity index (χ1v) is 12.0. The SMILES string of the molecule is O=C(Cn1cnc2cc(-c3ccccc3)sc2c1=O)Nc1cc(C2CC2)nn1-c1ccccc1. The first kappa shape index (κ1) is 20.6.